The van der Waals surface area contributed by atoms with Crippen LogP contribution in [0.4, 0.5) is 21.8 Å². The highest BCUT2D eigenvalue weighted by molar-refractivity contribution is 14.1. The Kier molecular flexibility index (Phi) is 11.6. The van der Waals surface area contributed by atoms with E-state index in [0.29, 0.717) is 19.0 Å². The van der Waals surface area contributed by atoms with Crippen molar-refractivity contribution in [1.82, 2.24) is 15.3 Å². The van der Waals surface area contributed by atoms with Crippen molar-refractivity contribution >= 4 is 62.6 Å². The van der Waals surface area contributed by atoms with Gasteiger partial charge in [0.2, 0.25) is 5.95 Å². The molecule has 0 bridgehead atoms. The van der Waals surface area contributed by atoms with Crippen molar-refractivity contribution in [3.63, 3.8) is 0 Å². The molecule has 2 aromatic heterocycles. The Morgan fingerprint density at radius 3 is 1.72 bits per heavy atom. The van der Waals surface area contributed by atoms with Gasteiger partial charge in [-0.1, -0.05) is 0 Å². The molecule has 0 spiro atoms. The van der Waals surface area contributed by atoms with Crippen LogP contribution in [0.3, 0.4) is 0 Å². The van der Waals surface area contributed by atoms with Gasteiger partial charge in [0.15, 0.2) is 0 Å². The summed E-state index contributed by atoms with van der Waals surface area (Å²) in [5.74, 6) is 2.07. The van der Waals surface area contributed by atoms with E-state index in [2.05, 4.69) is 90.1 Å². The average Bonchev–Trinajstić information content (AvgIpc) is 2.88. The molecule has 0 saturated carbocycles. The van der Waals surface area contributed by atoms with Gasteiger partial charge in [-0.05, 0) is 77.2 Å². The molecule has 10 nitrogen and oxygen atoms in total. The molecule has 13 heteroatoms. The zero-order valence-electron chi connectivity index (χ0n) is 22.4. The second-order valence-electron chi connectivity index (χ2n) is 10.3. The second kappa shape index (κ2) is 14.7. The molecule has 2 aromatic rings. The maximum atomic E-state index is 12.9. The summed E-state index contributed by atoms with van der Waals surface area (Å²) in [7, 11) is 0. The number of halogens is 3. The molecule has 0 aliphatic carbocycles. The van der Waals surface area contributed by atoms with Gasteiger partial charge in [-0.25, -0.2) is 9.97 Å². The molecular formula is C26H37FI2N6O4. The highest BCUT2D eigenvalue weighted by atomic mass is 127. The van der Waals surface area contributed by atoms with Crippen LogP contribution in [-0.4, -0.2) is 100 Å². The molecule has 0 aromatic carbocycles. The first kappa shape index (κ1) is 30.8. The van der Waals surface area contributed by atoms with Crippen molar-refractivity contribution in [3.05, 3.63) is 37.4 Å². The summed E-state index contributed by atoms with van der Waals surface area (Å²) in [5.41, 5.74) is -0.0659. The topological polar surface area (TPSA) is 102 Å². The average molecular weight is 770 g/mol. The monoisotopic (exact) mass is 770 g/mol. The van der Waals surface area contributed by atoms with Gasteiger partial charge in [-0.15, -0.1) is 0 Å². The summed E-state index contributed by atoms with van der Waals surface area (Å²) in [6.45, 7) is 14.2. The van der Waals surface area contributed by atoms with Crippen LogP contribution in [0, 0.1) is 13.1 Å². The Bertz CT molecular complexity index is 1030. The molecule has 3 N–H and O–H groups in total. The van der Waals surface area contributed by atoms with E-state index >= 15 is 0 Å². The van der Waals surface area contributed by atoms with E-state index in [1.807, 2.05) is 13.0 Å². The van der Waals surface area contributed by atoms with Crippen molar-refractivity contribution in [3.8, 4) is 0 Å². The Balaban J connectivity index is 0.000000154. The first-order chi connectivity index (χ1) is 18.7. The first-order valence-corrected chi connectivity index (χ1v) is 15.2. The molecular weight excluding hydrogens is 733 g/mol. The molecule has 0 atom stereocenters. The molecule has 4 aliphatic rings. The van der Waals surface area contributed by atoms with Crippen LogP contribution in [-0.2, 0) is 18.9 Å². The van der Waals surface area contributed by atoms with Crippen LogP contribution < -0.4 is 20.9 Å². The number of hydrogen-bond donors (Lipinski definition) is 3. The SMILES string of the molecule is C1COCCN1.CC1(Nc2cc(I)cc(F)n2)COC1.CC1(Nc2cc(I)cc(N3CCOCC3)n2)COC1. The predicted octanol–water partition coefficient (Wildman–Crippen LogP) is 3.36. The van der Waals surface area contributed by atoms with Gasteiger partial charge in [-0.2, -0.15) is 4.39 Å². The molecule has 6 rings (SSSR count). The maximum absolute atomic E-state index is 12.9. The van der Waals surface area contributed by atoms with E-state index in [0.717, 1.165) is 81.0 Å². The minimum absolute atomic E-state index is 0.0275. The molecule has 4 fully saturated rings. The number of ether oxygens (including phenoxy) is 4. The zero-order chi connectivity index (χ0) is 27.7. The number of morpholine rings is 2. The number of anilines is 3. The van der Waals surface area contributed by atoms with E-state index in [4.69, 9.17) is 23.9 Å². The van der Waals surface area contributed by atoms with Crippen LogP contribution in [0.5, 0.6) is 0 Å². The Labute approximate surface area is 256 Å². The summed E-state index contributed by atoms with van der Waals surface area (Å²) in [4.78, 5) is 10.8. The number of pyridine rings is 2. The third-order valence-corrected chi connectivity index (χ3v) is 7.50. The van der Waals surface area contributed by atoms with Gasteiger partial charge < -0.3 is 39.8 Å². The molecule has 6 heterocycles. The quantitative estimate of drug-likeness (QED) is 0.310. The number of hydrogen-bond acceptors (Lipinski definition) is 10. The van der Waals surface area contributed by atoms with Gasteiger partial charge in [0.1, 0.15) is 17.5 Å². The highest BCUT2D eigenvalue weighted by Crippen LogP contribution is 2.26. The van der Waals surface area contributed by atoms with E-state index < -0.39 is 5.95 Å². The summed E-state index contributed by atoms with van der Waals surface area (Å²) >= 11 is 4.40. The van der Waals surface area contributed by atoms with Crippen molar-refractivity contribution in [1.29, 1.82) is 0 Å². The first-order valence-electron chi connectivity index (χ1n) is 13.1. The van der Waals surface area contributed by atoms with Crippen LogP contribution in [0.2, 0.25) is 0 Å². The molecule has 39 heavy (non-hydrogen) atoms. The standard InChI is InChI=1S/C13H18IN3O2.C9H10FIN2O.C4H9NO/c1-13(8-19-9-13)16-11-6-10(14)7-12(15-11)17-2-4-18-5-3-17;1-9(4-14-5-9)13-8-3-6(11)2-7(10)12-8;1-3-6-4-2-5-1/h6-7H,2-5,8-9H2,1H3,(H,15,16);2-3H,4-5H2,1H3,(H,12,13);5H,1-4H2. The Hall–Kier alpha value is -1.11. The maximum Gasteiger partial charge on any atom is 0.215 e. The lowest BCUT2D eigenvalue weighted by Gasteiger charge is -2.39. The molecule has 0 amide bonds. The summed E-state index contributed by atoms with van der Waals surface area (Å²) in [6, 6.07) is 7.41. The Morgan fingerprint density at radius 2 is 1.28 bits per heavy atom. The fourth-order valence-corrected chi connectivity index (χ4v) is 5.25. The van der Waals surface area contributed by atoms with Crippen LogP contribution in [0.25, 0.3) is 0 Å². The predicted molar refractivity (Wildman–Crippen MR) is 166 cm³/mol. The van der Waals surface area contributed by atoms with Crippen LogP contribution in [0.1, 0.15) is 13.8 Å². The third-order valence-electron chi connectivity index (χ3n) is 6.26. The zero-order valence-corrected chi connectivity index (χ0v) is 26.7. The van der Waals surface area contributed by atoms with Gasteiger partial charge in [0, 0.05) is 39.4 Å². The second-order valence-corrected chi connectivity index (χ2v) is 12.8. The lowest BCUT2D eigenvalue weighted by Crippen LogP contribution is -2.53. The lowest BCUT2D eigenvalue weighted by molar-refractivity contribution is -0.0320. The van der Waals surface area contributed by atoms with Crippen molar-refractivity contribution in [2.45, 2.75) is 24.9 Å². The summed E-state index contributed by atoms with van der Waals surface area (Å²) in [6.07, 6.45) is 0. The normalized spacial score (nSPS) is 21.1. The summed E-state index contributed by atoms with van der Waals surface area (Å²) in [5, 5.41) is 9.79. The van der Waals surface area contributed by atoms with E-state index in [-0.39, 0.29) is 11.1 Å². The van der Waals surface area contributed by atoms with Crippen molar-refractivity contribution in [2.24, 2.45) is 0 Å². The smallest absolute Gasteiger partial charge is 0.215 e. The molecule has 0 unspecified atom stereocenters. The highest BCUT2D eigenvalue weighted by Gasteiger charge is 2.34. The van der Waals surface area contributed by atoms with E-state index in [1.54, 1.807) is 0 Å². The number of rotatable bonds is 5. The van der Waals surface area contributed by atoms with Gasteiger partial charge >= 0.3 is 0 Å². The fourth-order valence-electron chi connectivity index (χ4n) is 4.13. The van der Waals surface area contributed by atoms with Crippen LogP contribution in [0.15, 0.2) is 24.3 Å². The fraction of sp³-hybridized carbons (Fsp3) is 0.615. The number of aromatic nitrogens is 2. The molecule has 0 radical (unpaired) electrons. The van der Waals surface area contributed by atoms with Gasteiger partial charge in [0.25, 0.3) is 0 Å². The summed E-state index contributed by atoms with van der Waals surface area (Å²) < 4.78 is 35.7. The third kappa shape index (κ3) is 10.0. The molecule has 4 aliphatic heterocycles. The Morgan fingerprint density at radius 1 is 0.769 bits per heavy atom. The van der Waals surface area contributed by atoms with Gasteiger partial charge in [0.05, 0.1) is 63.9 Å². The molecule has 4 saturated heterocycles. The van der Waals surface area contributed by atoms with E-state index in [9.17, 15) is 4.39 Å². The molecule has 216 valence electrons. The van der Waals surface area contributed by atoms with E-state index in [1.165, 1.54) is 9.64 Å². The minimum Gasteiger partial charge on any atom is -0.379 e. The number of nitrogens with zero attached hydrogens (tertiary/aromatic N) is 3. The van der Waals surface area contributed by atoms with Crippen LogP contribution >= 0.6 is 45.2 Å². The number of nitrogens with one attached hydrogen (secondary N) is 3. The van der Waals surface area contributed by atoms with Crippen molar-refractivity contribution in [2.75, 3.05) is 94.6 Å². The largest absolute Gasteiger partial charge is 0.379 e. The lowest BCUT2D eigenvalue weighted by atomic mass is 10.0. The van der Waals surface area contributed by atoms with Crippen molar-refractivity contribution < 1.29 is 23.3 Å². The minimum atomic E-state index is -0.455. The van der Waals surface area contributed by atoms with Gasteiger partial charge in [-0.3, -0.25) is 0 Å².